The highest BCUT2D eigenvalue weighted by molar-refractivity contribution is 5.79. The summed E-state index contributed by atoms with van der Waals surface area (Å²) in [6.07, 6.45) is 11.1. The number of benzene rings is 1. The number of amides is 1. The lowest BCUT2D eigenvalue weighted by molar-refractivity contribution is -0.121. The van der Waals surface area contributed by atoms with Crippen LogP contribution >= 0.6 is 0 Å². The number of aromatic nitrogens is 1. The second-order valence-corrected chi connectivity index (χ2v) is 6.18. The van der Waals surface area contributed by atoms with Crippen LogP contribution in [0.2, 0.25) is 0 Å². The van der Waals surface area contributed by atoms with E-state index in [4.69, 9.17) is 0 Å². The molecule has 0 fully saturated rings. The van der Waals surface area contributed by atoms with E-state index in [0.29, 0.717) is 13.0 Å². The number of hydrogen-bond donors (Lipinski definition) is 1. The Hall–Kier alpha value is -1.90. The Kier molecular flexibility index (Phi) is 7.58. The fraction of sp³-hybridized carbons (Fsp3) is 0.500. The summed E-state index contributed by atoms with van der Waals surface area (Å²) in [6.45, 7) is 2.79. The summed E-state index contributed by atoms with van der Waals surface area (Å²) in [6, 6.07) is 10.1. The van der Waals surface area contributed by atoms with E-state index >= 15 is 0 Å². The van der Waals surface area contributed by atoms with Crippen LogP contribution in [0.3, 0.4) is 0 Å². The van der Waals surface area contributed by atoms with E-state index in [9.17, 15) is 4.79 Å². The minimum absolute atomic E-state index is 0.145. The number of carbonyl (C=O) groups excluding carboxylic acids is 1. The Balaban J connectivity index is 1.63. The van der Waals surface area contributed by atoms with Crippen molar-refractivity contribution in [2.45, 2.75) is 64.8 Å². The van der Waals surface area contributed by atoms with E-state index in [1.165, 1.54) is 32.1 Å². The third kappa shape index (κ3) is 6.39. The van der Waals surface area contributed by atoms with Crippen LogP contribution in [-0.2, 0) is 11.3 Å². The van der Waals surface area contributed by atoms with Gasteiger partial charge in [-0.2, -0.15) is 0 Å². The first-order valence-electron chi connectivity index (χ1n) is 8.90. The Morgan fingerprint density at radius 1 is 1.04 bits per heavy atom. The van der Waals surface area contributed by atoms with Crippen molar-refractivity contribution in [3.8, 4) is 0 Å². The van der Waals surface area contributed by atoms with Crippen LogP contribution in [-0.4, -0.2) is 10.9 Å². The molecule has 0 bridgehead atoms. The van der Waals surface area contributed by atoms with Crippen LogP contribution in [0.15, 0.2) is 36.5 Å². The molecule has 1 aromatic heterocycles. The van der Waals surface area contributed by atoms with Crippen molar-refractivity contribution in [3.63, 3.8) is 0 Å². The summed E-state index contributed by atoms with van der Waals surface area (Å²) in [4.78, 5) is 16.3. The van der Waals surface area contributed by atoms with Gasteiger partial charge >= 0.3 is 0 Å². The number of rotatable bonds is 10. The third-order valence-electron chi connectivity index (χ3n) is 4.14. The molecule has 0 spiro atoms. The van der Waals surface area contributed by atoms with Gasteiger partial charge < -0.3 is 5.32 Å². The van der Waals surface area contributed by atoms with Crippen molar-refractivity contribution >= 4 is 16.8 Å². The fourth-order valence-electron chi connectivity index (χ4n) is 2.74. The standard InChI is InChI=1S/C20H28N2O/c1-2-3-4-5-6-7-8-13-20(23)22-16-17-14-18-11-9-10-12-19(18)21-15-17/h9-12,14-15H,2-8,13,16H2,1H3,(H,22,23). The van der Waals surface area contributed by atoms with Gasteiger partial charge in [0.2, 0.25) is 5.91 Å². The molecule has 0 radical (unpaired) electrons. The molecule has 0 aliphatic carbocycles. The quantitative estimate of drug-likeness (QED) is 0.628. The molecule has 2 rings (SSSR count). The molecule has 3 heteroatoms. The van der Waals surface area contributed by atoms with Gasteiger partial charge in [0.15, 0.2) is 0 Å². The van der Waals surface area contributed by atoms with Crippen molar-refractivity contribution in [1.82, 2.24) is 10.3 Å². The Morgan fingerprint density at radius 3 is 2.61 bits per heavy atom. The van der Waals surface area contributed by atoms with Crippen LogP contribution in [0, 0.1) is 0 Å². The van der Waals surface area contributed by atoms with E-state index in [-0.39, 0.29) is 5.91 Å². The lowest BCUT2D eigenvalue weighted by atomic mass is 10.1. The number of para-hydroxylation sites is 1. The zero-order chi connectivity index (χ0) is 16.3. The Bertz CT molecular complexity index is 609. The highest BCUT2D eigenvalue weighted by Gasteiger charge is 2.02. The summed E-state index contributed by atoms with van der Waals surface area (Å²) >= 11 is 0. The van der Waals surface area contributed by atoms with Crippen LogP contribution in [0.4, 0.5) is 0 Å². The second kappa shape index (κ2) is 9.98. The number of pyridine rings is 1. The summed E-state index contributed by atoms with van der Waals surface area (Å²) in [5, 5.41) is 4.11. The number of nitrogens with zero attached hydrogens (tertiary/aromatic N) is 1. The van der Waals surface area contributed by atoms with Gasteiger partial charge in [-0.15, -0.1) is 0 Å². The average molecular weight is 312 g/mol. The zero-order valence-corrected chi connectivity index (χ0v) is 14.2. The molecule has 1 N–H and O–H groups in total. The number of nitrogens with one attached hydrogen (secondary N) is 1. The van der Waals surface area contributed by atoms with Gasteiger partial charge in [0, 0.05) is 24.5 Å². The van der Waals surface area contributed by atoms with Gasteiger partial charge in [-0.1, -0.05) is 63.6 Å². The molecule has 0 atom stereocenters. The highest BCUT2D eigenvalue weighted by atomic mass is 16.1. The lowest BCUT2D eigenvalue weighted by Gasteiger charge is -2.06. The van der Waals surface area contributed by atoms with E-state index in [2.05, 4.69) is 23.3 Å². The van der Waals surface area contributed by atoms with Crippen molar-refractivity contribution in [2.24, 2.45) is 0 Å². The summed E-state index contributed by atoms with van der Waals surface area (Å²) < 4.78 is 0. The summed E-state index contributed by atoms with van der Waals surface area (Å²) in [7, 11) is 0. The Labute approximate surface area is 139 Å². The molecule has 1 amide bonds. The van der Waals surface area contributed by atoms with E-state index in [0.717, 1.165) is 29.3 Å². The molecule has 0 aliphatic heterocycles. The topological polar surface area (TPSA) is 42.0 Å². The highest BCUT2D eigenvalue weighted by Crippen LogP contribution is 2.12. The van der Waals surface area contributed by atoms with Gasteiger partial charge in [-0.25, -0.2) is 0 Å². The van der Waals surface area contributed by atoms with E-state index in [1.807, 2.05) is 30.5 Å². The first-order chi connectivity index (χ1) is 11.3. The molecule has 23 heavy (non-hydrogen) atoms. The lowest BCUT2D eigenvalue weighted by Crippen LogP contribution is -2.22. The molecule has 1 aromatic carbocycles. The van der Waals surface area contributed by atoms with Gasteiger partial charge in [-0.3, -0.25) is 9.78 Å². The van der Waals surface area contributed by atoms with Crippen molar-refractivity contribution in [3.05, 3.63) is 42.1 Å². The van der Waals surface area contributed by atoms with Crippen molar-refractivity contribution < 1.29 is 4.79 Å². The summed E-state index contributed by atoms with van der Waals surface area (Å²) in [5.41, 5.74) is 2.04. The van der Waals surface area contributed by atoms with Gasteiger partial charge in [0.1, 0.15) is 0 Å². The monoisotopic (exact) mass is 312 g/mol. The van der Waals surface area contributed by atoms with Gasteiger partial charge in [0.25, 0.3) is 0 Å². The van der Waals surface area contributed by atoms with Crippen LogP contribution in [0.1, 0.15) is 63.9 Å². The zero-order valence-electron chi connectivity index (χ0n) is 14.2. The number of hydrogen-bond acceptors (Lipinski definition) is 2. The average Bonchev–Trinajstić information content (AvgIpc) is 2.59. The maximum Gasteiger partial charge on any atom is 0.220 e. The predicted molar refractivity (Wildman–Crippen MR) is 96.2 cm³/mol. The molecule has 124 valence electrons. The molecular weight excluding hydrogens is 284 g/mol. The van der Waals surface area contributed by atoms with Gasteiger partial charge in [0.05, 0.1) is 5.52 Å². The first-order valence-corrected chi connectivity index (χ1v) is 8.90. The molecule has 2 aromatic rings. The predicted octanol–water partition coefficient (Wildman–Crippen LogP) is 4.99. The maximum absolute atomic E-state index is 11.9. The largest absolute Gasteiger partial charge is 0.352 e. The Morgan fingerprint density at radius 2 is 1.78 bits per heavy atom. The molecule has 0 aliphatic rings. The second-order valence-electron chi connectivity index (χ2n) is 6.18. The summed E-state index contributed by atoms with van der Waals surface area (Å²) in [5.74, 6) is 0.145. The number of carbonyl (C=O) groups is 1. The minimum Gasteiger partial charge on any atom is -0.352 e. The first kappa shape index (κ1) is 17.5. The molecule has 0 unspecified atom stereocenters. The van der Waals surface area contributed by atoms with Crippen molar-refractivity contribution in [1.29, 1.82) is 0 Å². The maximum atomic E-state index is 11.9. The fourth-order valence-corrected chi connectivity index (χ4v) is 2.74. The SMILES string of the molecule is CCCCCCCCCC(=O)NCc1cnc2ccccc2c1. The smallest absolute Gasteiger partial charge is 0.220 e. The molecular formula is C20H28N2O. The molecule has 3 nitrogen and oxygen atoms in total. The minimum atomic E-state index is 0.145. The number of unbranched alkanes of at least 4 members (excludes halogenated alkanes) is 6. The van der Waals surface area contributed by atoms with E-state index < -0.39 is 0 Å². The number of fused-ring (bicyclic) bond motifs is 1. The van der Waals surface area contributed by atoms with Crippen molar-refractivity contribution in [2.75, 3.05) is 0 Å². The third-order valence-corrected chi connectivity index (χ3v) is 4.14. The molecule has 0 saturated heterocycles. The van der Waals surface area contributed by atoms with Crippen LogP contribution < -0.4 is 5.32 Å². The molecule has 0 saturated carbocycles. The van der Waals surface area contributed by atoms with E-state index in [1.54, 1.807) is 0 Å². The van der Waals surface area contributed by atoms with Gasteiger partial charge in [-0.05, 0) is 24.1 Å². The normalized spacial score (nSPS) is 10.8. The van der Waals surface area contributed by atoms with Crippen LogP contribution in [0.5, 0.6) is 0 Å². The van der Waals surface area contributed by atoms with Crippen LogP contribution in [0.25, 0.3) is 10.9 Å². The molecule has 1 heterocycles.